The number of halogens is 1. The first-order valence-electron chi connectivity index (χ1n) is 22.8. The van der Waals surface area contributed by atoms with Crippen LogP contribution in [0, 0.1) is 27.7 Å². The smallest absolute Gasteiger partial charge is 0.870 e. The zero-order valence-corrected chi connectivity index (χ0v) is 51.0. The first-order valence-corrected chi connectivity index (χ1v) is 26.0. The second-order valence-electron chi connectivity index (χ2n) is 18.1. The Labute approximate surface area is 480 Å². The van der Waals surface area contributed by atoms with Gasteiger partial charge in [0.25, 0.3) is 0 Å². The van der Waals surface area contributed by atoms with E-state index in [1.807, 2.05) is 66.1 Å². The maximum atomic E-state index is 12.5. The number of aryl methyl sites for hydroxylation is 4. The third kappa shape index (κ3) is 27.8. The van der Waals surface area contributed by atoms with Crippen LogP contribution in [0.2, 0.25) is 0 Å². The molecule has 0 fully saturated rings. The number of carboxylic acid groups (broad SMARTS) is 2. The van der Waals surface area contributed by atoms with E-state index in [0.717, 1.165) is 67.7 Å². The molecule has 8 N–H and O–H groups in total. The molecule has 2 amide bonds. The number of esters is 2. The maximum Gasteiger partial charge on any atom is 1.00 e. The van der Waals surface area contributed by atoms with Crippen molar-refractivity contribution in [3.8, 4) is 19.5 Å². The van der Waals surface area contributed by atoms with Gasteiger partial charge in [0.2, 0.25) is 11.8 Å². The third-order valence-corrected chi connectivity index (χ3v) is 15.3. The number of hydrogen-bond acceptors (Lipinski definition) is 16. The number of aliphatic carboxylic acids is 2. The number of allylic oxidation sites excluding steroid dienone is 1. The van der Waals surface area contributed by atoms with Gasteiger partial charge in [0, 0.05) is 45.4 Å². The zero-order chi connectivity index (χ0) is 52.9. The number of nitrogens with zero attached hydrogens (tertiary/aromatic N) is 2. The molecule has 4 heterocycles. The van der Waals surface area contributed by atoms with E-state index in [4.69, 9.17) is 20.3 Å². The van der Waals surface area contributed by atoms with E-state index < -0.39 is 11.9 Å². The van der Waals surface area contributed by atoms with Crippen LogP contribution >= 0.6 is 57.8 Å². The number of carbonyl (C=O) groups is 7. The molecule has 74 heavy (non-hydrogen) atoms. The molecule has 4 rings (SSSR count). The van der Waals surface area contributed by atoms with E-state index >= 15 is 0 Å². The fraction of sp³-hybridized carbons (Fsp3) is 0.500. The van der Waals surface area contributed by atoms with Crippen LogP contribution in [0.15, 0.2) is 36.4 Å². The van der Waals surface area contributed by atoms with Gasteiger partial charge in [-0.25, -0.2) is 4.79 Å². The maximum absolute atomic E-state index is 12.5. The van der Waals surface area contributed by atoms with Crippen molar-refractivity contribution in [2.45, 2.75) is 80.1 Å². The van der Waals surface area contributed by atoms with Gasteiger partial charge in [0.05, 0.1) is 99.7 Å². The number of likely N-dealkylation sites (N-methyl/N-ethyl adjacent to an activating group) is 2. The standard InChI is InChI=1S/C23H32N2O5S2.C20H26N2O5S2.C7H13NO.ClH.Na.2H2O/c1-7-30-22(28)14-25(4,5)9-8-24-20(26)12-17-11-19(32-16(17)3)23-18(10-15(2)31-23)13-21(27)29-6;1-12-7-15(10-18(24)25)20(28-12)16-8-14(13(2)29-16)9-17(23)21-5-6-22(3,4)11-19(26)27;1-6(2)7(9)4-3-5-8;;;;/h10-11H,7-9,12-14H2,1-6H3;7-8H,5-6,9-11H2,1-4H3,(H2-,21,23,24,25,26,27);1,3-5,8H2,2H3;1H;;2*1H2/q;;;;+1;;. The van der Waals surface area contributed by atoms with Crippen LogP contribution in [0.3, 0.4) is 0 Å². The quantitative estimate of drug-likeness (QED) is 0.0318. The molecule has 0 saturated carbocycles. The molecule has 0 spiro atoms. The van der Waals surface area contributed by atoms with Gasteiger partial charge in [-0.05, 0) is 107 Å². The number of amides is 2. The summed E-state index contributed by atoms with van der Waals surface area (Å²) in [6.07, 6.45) is 2.06. The number of methoxy groups -OCH3 is 1. The van der Waals surface area contributed by atoms with E-state index in [2.05, 4.69) is 17.2 Å². The normalized spacial score (nSPS) is 10.5. The Bertz CT molecular complexity index is 2460. The van der Waals surface area contributed by atoms with Gasteiger partial charge in [-0.15, -0.1) is 57.8 Å². The summed E-state index contributed by atoms with van der Waals surface area (Å²) in [6, 6.07) is 7.94. The predicted octanol–water partition coefficient (Wildman–Crippen LogP) is 1.61. The number of nitrogens with one attached hydrogen (secondary N) is 2. The molecule has 0 atom stereocenters. The van der Waals surface area contributed by atoms with Crippen molar-refractivity contribution in [3.63, 3.8) is 0 Å². The first kappa shape index (κ1) is 74.4. The summed E-state index contributed by atoms with van der Waals surface area (Å²) in [6.45, 7) is 18.0. The molecule has 24 heteroatoms. The van der Waals surface area contributed by atoms with Crippen LogP contribution < -0.4 is 51.0 Å². The molecule has 18 nitrogen and oxygen atoms in total. The number of rotatable bonds is 25. The fourth-order valence-electron chi connectivity index (χ4n) is 6.83. The number of ether oxygens (including phenoxy) is 2. The summed E-state index contributed by atoms with van der Waals surface area (Å²) in [5, 5.41) is 25.7. The minimum Gasteiger partial charge on any atom is -0.870 e. The van der Waals surface area contributed by atoms with Crippen molar-refractivity contribution >= 4 is 99.2 Å². The Morgan fingerprint density at radius 2 is 1.15 bits per heavy atom. The minimum absolute atomic E-state index is 0. The van der Waals surface area contributed by atoms with Crippen LogP contribution in [0.4, 0.5) is 0 Å². The number of nitrogens with two attached hydrogens (primary N) is 1. The third-order valence-electron chi connectivity index (χ3n) is 10.5. The van der Waals surface area contributed by atoms with Crippen LogP contribution in [0.1, 0.15) is 68.5 Å². The molecule has 4 aromatic heterocycles. The van der Waals surface area contributed by atoms with Gasteiger partial charge in [-0.3, -0.25) is 24.0 Å². The zero-order valence-electron chi connectivity index (χ0n) is 44.9. The molecule has 410 valence electrons. The molecular weight excluding hydrogens is 1070 g/mol. The summed E-state index contributed by atoms with van der Waals surface area (Å²) >= 11 is 6.41. The first-order chi connectivity index (χ1) is 32.7. The van der Waals surface area contributed by atoms with Crippen LogP contribution in [0.25, 0.3) is 19.5 Å². The fourth-order valence-corrected chi connectivity index (χ4v) is 11.2. The van der Waals surface area contributed by atoms with Gasteiger partial charge in [-0.2, -0.15) is 0 Å². The molecule has 0 aliphatic rings. The molecule has 0 bridgehead atoms. The molecule has 0 radical (unpaired) electrons. The Morgan fingerprint density at radius 1 is 0.716 bits per heavy atom. The summed E-state index contributed by atoms with van der Waals surface area (Å²) in [5.41, 5.74) is 9.48. The van der Waals surface area contributed by atoms with Crippen molar-refractivity contribution in [2.24, 2.45) is 5.73 Å². The van der Waals surface area contributed by atoms with Crippen LogP contribution in [-0.4, -0.2) is 154 Å². The molecule has 0 aliphatic carbocycles. The second kappa shape index (κ2) is 36.2. The number of quaternary nitrogens is 2. The summed E-state index contributed by atoms with van der Waals surface area (Å²) in [4.78, 5) is 89.3. The van der Waals surface area contributed by atoms with E-state index in [1.54, 1.807) is 73.3 Å². The molecule has 0 unspecified atom stereocenters. The van der Waals surface area contributed by atoms with Gasteiger partial charge in [0.15, 0.2) is 12.3 Å². The van der Waals surface area contributed by atoms with Crippen LogP contribution in [0.5, 0.6) is 0 Å². The number of Topliss-reactive ketones (excluding diaryl/α,β-unsaturated/α-hetero) is 1. The average Bonchev–Trinajstić information content (AvgIpc) is 4.00. The van der Waals surface area contributed by atoms with Crippen molar-refractivity contribution in [1.29, 1.82) is 0 Å². The largest absolute Gasteiger partial charge is 1.00 e. The number of carboxylic acids is 2. The Hall–Kier alpha value is -3.88. The van der Waals surface area contributed by atoms with E-state index in [9.17, 15) is 38.7 Å². The number of carbonyl (C=O) groups excluding carboxylic acids is 6. The van der Waals surface area contributed by atoms with Crippen LogP contribution in [-0.2, 0) is 68.7 Å². The SMILES string of the molecule is C=C(C)C(=O)CCCN.CCOC(=O)C[N+](C)(C)CCNC(=O)Cc1cc(-c2sc(C)cc2CC(=O)OC)sc1C.Cc1cc(CC(=O)O)c(-c2cc(CC(=O)NCC[N+](C)(C)CC(=O)[O-])c(C)s2)s1.Cl.O.[Na+].[OH-]. The van der Waals surface area contributed by atoms with E-state index in [1.165, 1.54) is 7.11 Å². The Morgan fingerprint density at radius 3 is 1.53 bits per heavy atom. The van der Waals surface area contributed by atoms with Crippen molar-refractivity contribution in [3.05, 3.63) is 78.2 Å². The minimum atomic E-state index is -1.12. The summed E-state index contributed by atoms with van der Waals surface area (Å²) in [7, 11) is 8.81. The molecule has 0 saturated heterocycles. The molecule has 0 aliphatic heterocycles. The van der Waals surface area contributed by atoms with Gasteiger partial charge in [0.1, 0.15) is 6.54 Å². The summed E-state index contributed by atoms with van der Waals surface area (Å²) < 4.78 is 10.5. The van der Waals surface area contributed by atoms with E-state index in [0.29, 0.717) is 62.2 Å². The molecule has 4 aromatic rings. The monoisotopic (exact) mass is 1140 g/mol. The average molecular weight is 1140 g/mol. The number of thiophene rings is 4. The Balaban J connectivity index is -0.00000112. The van der Waals surface area contributed by atoms with E-state index in [-0.39, 0.29) is 119 Å². The number of ketones is 1. The second-order valence-corrected chi connectivity index (χ2v) is 23.1. The van der Waals surface area contributed by atoms with Crippen molar-refractivity contribution in [1.82, 2.24) is 10.6 Å². The van der Waals surface area contributed by atoms with Gasteiger partial charge < -0.3 is 60.8 Å². The van der Waals surface area contributed by atoms with Crippen molar-refractivity contribution in [2.75, 3.05) is 87.7 Å². The molecule has 0 aromatic carbocycles. The van der Waals surface area contributed by atoms with Gasteiger partial charge in [-0.1, -0.05) is 6.58 Å². The topological polar surface area (TPSA) is 293 Å². The van der Waals surface area contributed by atoms with Gasteiger partial charge >= 0.3 is 47.5 Å². The Kier molecular flexibility index (Phi) is 36.4. The van der Waals surface area contributed by atoms with Crippen molar-refractivity contribution < 1.29 is 103 Å². The number of hydrogen-bond donors (Lipinski definition) is 4. The summed E-state index contributed by atoms with van der Waals surface area (Å²) in [5.74, 6) is -2.53. The predicted molar refractivity (Wildman–Crippen MR) is 291 cm³/mol. The molecular formula is C50H76ClN5NaO13S4+.